The number of benzene rings is 2. The molecule has 0 saturated carbocycles. The Kier molecular flexibility index (Phi) is 6.83. The zero-order valence-corrected chi connectivity index (χ0v) is 14.9. The number of hydrogen-bond donors (Lipinski definition) is 0. The van der Waals surface area contributed by atoms with Crippen molar-refractivity contribution in [1.82, 2.24) is 0 Å². The second kappa shape index (κ2) is 8.86. The maximum absolute atomic E-state index is 12.1. The predicted molar refractivity (Wildman–Crippen MR) is 100 cm³/mol. The number of carbonyl (C=O) groups is 1. The van der Waals surface area contributed by atoms with Gasteiger partial charge in [-0.25, -0.2) is 0 Å². The number of carbonyl (C=O) groups excluding carboxylic acids is 1. The Morgan fingerprint density at radius 3 is 2.26 bits per heavy atom. The van der Waals surface area contributed by atoms with E-state index in [1.54, 1.807) is 0 Å². The molecule has 23 heavy (non-hydrogen) atoms. The third-order valence-corrected chi connectivity index (χ3v) is 4.53. The maximum atomic E-state index is 12.1. The fraction of sp³-hybridized carbons (Fsp3) is 0.500. The highest BCUT2D eigenvalue weighted by Gasteiger charge is 2.10. The van der Waals surface area contributed by atoms with Crippen molar-refractivity contribution >= 4 is 16.6 Å². The zero-order chi connectivity index (χ0) is 16.7. The number of ketones is 1. The van der Waals surface area contributed by atoms with Crippen molar-refractivity contribution in [2.24, 2.45) is 5.92 Å². The highest BCUT2D eigenvalue weighted by Crippen LogP contribution is 2.21. The fourth-order valence-electron chi connectivity index (χ4n) is 3.05. The first-order valence-electron chi connectivity index (χ1n) is 9.18. The molecular formula is C22H30O. The van der Waals surface area contributed by atoms with E-state index in [1.807, 2.05) is 26.0 Å². The van der Waals surface area contributed by atoms with E-state index in [9.17, 15) is 4.79 Å². The van der Waals surface area contributed by atoms with E-state index in [-0.39, 0.29) is 11.7 Å². The topological polar surface area (TPSA) is 17.1 Å². The van der Waals surface area contributed by atoms with E-state index >= 15 is 0 Å². The Labute approximate surface area is 141 Å². The maximum Gasteiger partial charge on any atom is 0.165 e. The number of fused-ring (bicyclic) bond motifs is 1. The van der Waals surface area contributed by atoms with Crippen LogP contribution in [-0.2, 0) is 6.42 Å². The van der Waals surface area contributed by atoms with E-state index in [1.165, 1.54) is 54.9 Å². The lowest BCUT2D eigenvalue weighted by molar-refractivity contribution is 0.0939. The van der Waals surface area contributed by atoms with E-state index in [2.05, 4.69) is 31.2 Å². The lowest BCUT2D eigenvalue weighted by Crippen LogP contribution is -2.06. The summed E-state index contributed by atoms with van der Waals surface area (Å²) < 4.78 is 0. The third kappa shape index (κ3) is 5.20. The molecule has 0 radical (unpaired) electrons. The summed E-state index contributed by atoms with van der Waals surface area (Å²) in [5.41, 5.74) is 2.24. The molecule has 0 fully saturated rings. The smallest absolute Gasteiger partial charge is 0.165 e. The summed E-state index contributed by atoms with van der Waals surface area (Å²) in [6.07, 6.45) is 9.19. The van der Waals surface area contributed by atoms with Crippen LogP contribution in [0.2, 0.25) is 0 Å². The largest absolute Gasteiger partial charge is 0.294 e. The number of unbranched alkanes of at least 4 members (excludes halogenated alkanes) is 5. The number of Topliss-reactive ketones (excluding diaryl/α,β-unsaturated/α-hetero) is 1. The summed E-state index contributed by atoms with van der Waals surface area (Å²) in [5.74, 6) is 0.280. The summed E-state index contributed by atoms with van der Waals surface area (Å²) in [5, 5.41) is 2.41. The standard InChI is InChI=1S/C22H30O/c1-4-5-6-7-8-9-10-18-11-12-20-16-21(22(23)17(2)3)14-13-19(20)15-18/h11-17H,4-10H2,1-3H3. The van der Waals surface area contributed by atoms with Crippen LogP contribution in [0, 0.1) is 5.92 Å². The minimum atomic E-state index is 0.0550. The number of hydrogen-bond acceptors (Lipinski definition) is 1. The lowest BCUT2D eigenvalue weighted by Gasteiger charge is -2.08. The molecule has 0 spiro atoms. The van der Waals surface area contributed by atoms with Crippen LogP contribution in [-0.4, -0.2) is 5.78 Å². The van der Waals surface area contributed by atoms with Gasteiger partial charge in [-0.1, -0.05) is 83.2 Å². The third-order valence-electron chi connectivity index (χ3n) is 4.53. The van der Waals surface area contributed by atoms with Crippen LogP contribution < -0.4 is 0 Å². The Bertz CT molecular complexity index is 639. The summed E-state index contributed by atoms with van der Waals surface area (Å²) in [7, 11) is 0. The zero-order valence-electron chi connectivity index (χ0n) is 14.9. The molecule has 2 rings (SSSR count). The molecule has 0 atom stereocenters. The van der Waals surface area contributed by atoms with Crippen molar-refractivity contribution in [3.05, 3.63) is 47.5 Å². The second-order valence-electron chi connectivity index (χ2n) is 6.93. The van der Waals surface area contributed by atoms with Crippen LogP contribution in [0.3, 0.4) is 0 Å². The predicted octanol–water partition coefficient (Wildman–Crippen LogP) is 6.58. The van der Waals surface area contributed by atoms with Crippen molar-refractivity contribution < 1.29 is 4.79 Å². The van der Waals surface area contributed by atoms with Gasteiger partial charge in [0.15, 0.2) is 5.78 Å². The van der Waals surface area contributed by atoms with Crippen LogP contribution in [0.4, 0.5) is 0 Å². The first kappa shape index (κ1) is 17.7. The van der Waals surface area contributed by atoms with Crippen LogP contribution in [0.15, 0.2) is 36.4 Å². The first-order valence-corrected chi connectivity index (χ1v) is 9.18. The molecule has 0 N–H and O–H groups in total. The van der Waals surface area contributed by atoms with Gasteiger partial charge < -0.3 is 0 Å². The molecule has 2 aromatic carbocycles. The van der Waals surface area contributed by atoms with Gasteiger partial charge in [-0.15, -0.1) is 0 Å². The van der Waals surface area contributed by atoms with Gasteiger partial charge in [0, 0.05) is 11.5 Å². The summed E-state index contributed by atoms with van der Waals surface area (Å²) in [4.78, 5) is 12.1. The first-order chi connectivity index (χ1) is 11.1. The Balaban J connectivity index is 1.97. The molecule has 0 unspecified atom stereocenters. The average molecular weight is 310 g/mol. The molecule has 0 amide bonds. The Hall–Kier alpha value is -1.63. The van der Waals surface area contributed by atoms with Crippen LogP contribution >= 0.6 is 0 Å². The van der Waals surface area contributed by atoms with Gasteiger partial charge in [-0.2, -0.15) is 0 Å². The molecule has 2 aromatic rings. The molecule has 0 bridgehead atoms. The molecule has 0 aliphatic rings. The molecule has 0 aromatic heterocycles. The van der Waals surface area contributed by atoms with Gasteiger partial charge in [-0.05, 0) is 35.2 Å². The van der Waals surface area contributed by atoms with E-state index in [0.29, 0.717) is 0 Å². The van der Waals surface area contributed by atoms with Gasteiger partial charge in [0.1, 0.15) is 0 Å². The van der Waals surface area contributed by atoms with Crippen LogP contribution in [0.1, 0.15) is 75.2 Å². The van der Waals surface area contributed by atoms with Gasteiger partial charge in [0.25, 0.3) is 0 Å². The molecular weight excluding hydrogens is 280 g/mol. The summed E-state index contributed by atoms with van der Waals surface area (Å²) in [6, 6.07) is 12.8. The lowest BCUT2D eigenvalue weighted by atomic mass is 9.96. The molecule has 1 heteroatoms. The molecule has 1 nitrogen and oxygen atoms in total. The molecule has 0 saturated heterocycles. The van der Waals surface area contributed by atoms with Crippen LogP contribution in [0.25, 0.3) is 10.8 Å². The fourth-order valence-corrected chi connectivity index (χ4v) is 3.05. The monoisotopic (exact) mass is 310 g/mol. The van der Waals surface area contributed by atoms with Gasteiger partial charge in [0.2, 0.25) is 0 Å². The summed E-state index contributed by atoms with van der Waals surface area (Å²) in [6.45, 7) is 6.17. The minimum absolute atomic E-state index is 0.0550. The van der Waals surface area contributed by atoms with Gasteiger partial charge >= 0.3 is 0 Å². The molecule has 124 valence electrons. The van der Waals surface area contributed by atoms with Gasteiger partial charge in [-0.3, -0.25) is 4.79 Å². The van der Waals surface area contributed by atoms with Crippen LogP contribution in [0.5, 0.6) is 0 Å². The van der Waals surface area contributed by atoms with Crippen molar-refractivity contribution in [1.29, 1.82) is 0 Å². The number of rotatable bonds is 9. The van der Waals surface area contributed by atoms with Crippen molar-refractivity contribution in [2.45, 2.75) is 65.7 Å². The molecule has 0 aliphatic carbocycles. The van der Waals surface area contributed by atoms with Crippen molar-refractivity contribution in [3.63, 3.8) is 0 Å². The normalized spacial score (nSPS) is 11.3. The highest BCUT2D eigenvalue weighted by molar-refractivity contribution is 6.01. The van der Waals surface area contributed by atoms with E-state index in [0.717, 1.165) is 12.0 Å². The van der Waals surface area contributed by atoms with Crippen molar-refractivity contribution in [2.75, 3.05) is 0 Å². The Morgan fingerprint density at radius 2 is 1.52 bits per heavy atom. The molecule has 0 aliphatic heterocycles. The second-order valence-corrected chi connectivity index (χ2v) is 6.93. The summed E-state index contributed by atoms with van der Waals surface area (Å²) >= 11 is 0. The quantitative estimate of drug-likeness (QED) is 0.377. The van der Waals surface area contributed by atoms with Crippen molar-refractivity contribution in [3.8, 4) is 0 Å². The molecule has 0 heterocycles. The van der Waals surface area contributed by atoms with E-state index in [4.69, 9.17) is 0 Å². The minimum Gasteiger partial charge on any atom is -0.294 e. The number of aryl methyl sites for hydroxylation is 1. The average Bonchev–Trinajstić information content (AvgIpc) is 2.56. The Morgan fingerprint density at radius 1 is 0.870 bits per heavy atom. The van der Waals surface area contributed by atoms with E-state index < -0.39 is 0 Å². The van der Waals surface area contributed by atoms with Gasteiger partial charge in [0.05, 0.1) is 0 Å². The highest BCUT2D eigenvalue weighted by atomic mass is 16.1. The SMILES string of the molecule is CCCCCCCCc1ccc2cc(C(=O)C(C)C)ccc2c1.